The van der Waals surface area contributed by atoms with Crippen LogP contribution in [0.4, 0.5) is 10.1 Å². The van der Waals surface area contributed by atoms with Gasteiger partial charge >= 0.3 is 10.1 Å². The fourth-order valence-electron chi connectivity index (χ4n) is 2.67. The molecule has 29 heavy (non-hydrogen) atoms. The van der Waals surface area contributed by atoms with E-state index in [-0.39, 0.29) is 38.8 Å². The minimum Gasteiger partial charge on any atom is -0.379 e. The van der Waals surface area contributed by atoms with Gasteiger partial charge in [0.1, 0.15) is 16.5 Å². The quantitative estimate of drug-likeness (QED) is 0.260. The van der Waals surface area contributed by atoms with Gasteiger partial charge in [0.2, 0.25) is 0 Å². The Balaban J connectivity index is 1.84. The highest BCUT2D eigenvalue weighted by molar-refractivity contribution is 7.87. The zero-order valence-electron chi connectivity index (χ0n) is 15.0. The van der Waals surface area contributed by atoms with Crippen molar-refractivity contribution in [3.8, 4) is 5.75 Å². The monoisotopic (exact) mass is 415 g/mol. The molecule has 0 saturated carbocycles. The van der Waals surface area contributed by atoms with Gasteiger partial charge < -0.3 is 4.18 Å². The van der Waals surface area contributed by atoms with Crippen molar-refractivity contribution in [3.05, 3.63) is 99.4 Å². The number of carbonyl (C=O) groups excluding carboxylic acids is 1. The van der Waals surface area contributed by atoms with Crippen LogP contribution in [0.25, 0.3) is 0 Å². The Kier molecular flexibility index (Phi) is 5.42. The molecule has 0 unspecified atom stereocenters. The maximum atomic E-state index is 13.0. The lowest BCUT2D eigenvalue weighted by molar-refractivity contribution is -0.385. The molecule has 0 aliphatic carbocycles. The van der Waals surface area contributed by atoms with Gasteiger partial charge in [-0.15, -0.1) is 0 Å². The molecule has 0 spiro atoms. The molecule has 148 valence electrons. The summed E-state index contributed by atoms with van der Waals surface area (Å²) in [4.78, 5) is 22.4. The van der Waals surface area contributed by atoms with Crippen molar-refractivity contribution in [2.45, 2.75) is 11.8 Å². The number of nitro groups is 1. The maximum Gasteiger partial charge on any atom is 0.339 e. The third-order valence-corrected chi connectivity index (χ3v) is 5.54. The van der Waals surface area contributed by atoms with E-state index < -0.39 is 20.9 Å². The zero-order valence-corrected chi connectivity index (χ0v) is 15.9. The van der Waals surface area contributed by atoms with Crippen LogP contribution < -0.4 is 4.18 Å². The van der Waals surface area contributed by atoms with Crippen LogP contribution in [0.1, 0.15) is 21.5 Å². The lowest BCUT2D eigenvalue weighted by atomic mass is 10.0. The van der Waals surface area contributed by atoms with Crippen molar-refractivity contribution in [1.82, 2.24) is 0 Å². The van der Waals surface area contributed by atoms with Crippen LogP contribution in [0.2, 0.25) is 0 Å². The Labute approximate surface area is 165 Å². The van der Waals surface area contributed by atoms with Crippen molar-refractivity contribution in [3.63, 3.8) is 0 Å². The Hall–Kier alpha value is -3.59. The Bertz CT molecular complexity index is 1190. The van der Waals surface area contributed by atoms with Crippen LogP contribution in [0.3, 0.4) is 0 Å². The van der Waals surface area contributed by atoms with E-state index in [2.05, 4.69) is 0 Å². The predicted molar refractivity (Wildman–Crippen MR) is 102 cm³/mol. The number of ketones is 1. The molecule has 3 aromatic rings. The lowest BCUT2D eigenvalue weighted by Crippen LogP contribution is -2.12. The molecule has 0 aromatic heterocycles. The number of rotatable bonds is 6. The van der Waals surface area contributed by atoms with Crippen LogP contribution in [0.15, 0.2) is 71.6 Å². The second-order valence-corrected chi connectivity index (χ2v) is 7.57. The van der Waals surface area contributed by atoms with Gasteiger partial charge in [0.05, 0.1) is 4.92 Å². The summed E-state index contributed by atoms with van der Waals surface area (Å²) in [5, 5.41) is 11.0. The molecule has 0 fully saturated rings. The number of hydrogen-bond acceptors (Lipinski definition) is 6. The van der Waals surface area contributed by atoms with Gasteiger partial charge in [-0.1, -0.05) is 6.07 Å². The molecule has 7 nitrogen and oxygen atoms in total. The van der Waals surface area contributed by atoms with Crippen LogP contribution in [-0.4, -0.2) is 19.1 Å². The summed E-state index contributed by atoms with van der Waals surface area (Å²) in [5.41, 5.74) is 0.156. The van der Waals surface area contributed by atoms with Crippen molar-refractivity contribution >= 4 is 21.6 Å². The summed E-state index contributed by atoms with van der Waals surface area (Å²) in [6, 6.07) is 14.0. The normalized spacial score (nSPS) is 11.1. The van der Waals surface area contributed by atoms with Gasteiger partial charge in [-0.3, -0.25) is 14.9 Å². The highest BCUT2D eigenvalue weighted by Crippen LogP contribution is 2.27. The number of hydrogen-bond donors (Lipinski definition) is 0. The molecular weight excluding hydrogens is 401 g/mol. The van der Waals surface area contributed by atoms with Crippen molar-refractivity contribution in [2.75, 3.05) is 0 Å². The molecule has 0 heterocycles. The van der Waals surface area contributed by atoms with Gasteiger partial charge in [-0.25, -0.2) is 4.39 Å². The summed E-state index contributed by atoms with van der Waals surface area (Å²) < 4.78 is 43.1. The highest BCUT2D eigenvalue weighted by atomic mass is 32.2. The van der Waals surface area contributed by atoms with Gasteiger partial charge in [0, 0.05) is 22.8 Å². The molecule has 0 aliphatic heterocycles. The molecule has 0 amide bonds. The summed E-state index contributed by atoms with van der Waals surface area (Å²) in [6.07, 6.45) is 0. The van der Waals surface area contributed by atoms with E-state index in [0.29, 0.717) is 0 Å². The summed E-state index contributed by atoms with van der Waals surface area (Å²) >= 11 is 0. The first kappa shape index (κ1) is 20.2. The molecule has 3 aromatic carbocycles. The molecular formula is C20H14FNO6S. The fraction of sp³-hybridized carbons (Fsp3) is 0.0500. The number of halogens is 1. The third-order valence-electron chi connectivity index (χ3n) is 4.15. The second-order valence-electron chi connectivity index (χ2n) is 6.06. The summed E-state index contributed by atoms with van der Waals surface area (Å²) in [5.74, 6) is -0.896. The Morgan fingerprint density at radius 3 is 2.07 bits per heavy atom. The second kappa shape index (κ2) is 7.80. The molecule has 0 bridgehead atoms. The smallest absolute Gasteiger partial charge is 0.339 e. The highest BCUT2D eigenvalue weighted by Gasteiger charge is 2.24. The minimum absolute atomic E-state index is 0.0411. The van der Waals surface area contributed by atoms with E-state index in [0.717, 1.165) is 0 Å². The molecule has 0 aliphatic rings. The number of nitro benzene ring substituents is 1. The molecule has 0 atom stereocenters. The van der Waals surface area contributed by atoms with Gasteiger partial charge in [0.15, 0.2) is 5.78 Å². The first-order chi connectivity index (χ1) is 13.7. The summed E-state index contributed by atoms with van der Waals surface area (Å²) in [7, 11) is -4.32. The molecule has 3 rings (SSSR count). The number of benzene rings is 3. The van der Waals surface area contributed by atoms with Crippen molar-refractivity contribution in [2.24, 2.45) is 0 Å². The van der Waals surface area contributed by atoms with Crippen LogP contribution in [-0.2, 0) is 10.1 Å². The van der Waals surface area contributed by atoms with Gasteiger partial charge in [-0.2, -0.15) is 8.42 Å². The lowest BCUT2D eigenvalue weighted by Gasteiger charge is -2.10. The average Bonchev–Trinajstić information content (AvgIpc) is 2.68. The standard InChI is InChI=1S/C20H14FNO6S/c1-13-18(22(24)25)3-2-4-19(13)29(26,27)28-17-11-7-15(8-12-17)20(23)14-5-9-16(21)10-6-14/h2-12H,1H3. The SMILES string of the molecule is Cc1c([N+](=O)[O-])cccc1S(=O)(=O)Oc1ccc(C(=O)c2ccc(F)cc2)cc1. The Morgan fingerprint density at radius 2 is 1.52 bits per heavy atom. The first-order valence-electron chi connectivity index (χ1n) is 8.28. The van der Waals surface area contributed by atoms with Crippen molar-refractivity contribution in [1.29, 1.82) is 0 Å². The zero-order chi connectivity index (χ0) is 21.2. The van der Waals surface area contributed by atoms with E-state index >= 15 is 0 Å². The van der Waals surface area contributed by atoms with Crippen LogP contribution in [0.5, 0.6) is 5.75 Å². The van der Waals surface area contributed by atoms with E-state index in [9.17, 15) is 27.7 Å². The fourth-order valence-corrected chi connectivity index (χ4v) is 3.85. The topological polar surface area (TPSA) is 104 Å². The Morgan fingerprint density at radius 1 is 0.966 bits per heavy atom. The number of nitrogens with zero attached hydrogens (tertiary/aromatic N) is 1. The summed E-state index contributed by atoms with van der Waals surface area (Å²) in [6.45, 7) is 1.32. The number of carbonyl (C=O) groups is 1. The average molecular weight is 415 g/mol. The van der Waals surface area contributed by atoms with Crippen LogP contribution >= 0.6 is 0 Å². The van der Waals surface area contributed by atoms with E-state index in [1.54, 1.807) is 0 Å². The van der Waals surface area contributed by atoms with Gasteiger partial charge in [-0.05, 0) is 61.5 Å². The largest absolute Gasteiger partial charge is 0.379 e. The predicted octanol–water partition coefficient (Wildman–Crippen LogP) is 4.04. The first-order valence-corrected chi connectivity index (χ1v) is 9.69. The van der Waals surface area contributed by atoms with Gasteiger partial charge in [0.25, 0.3) is 5.69 Å². The maximum absolute atomic E-state index is 13.0. The third kappa shape index (κ3) is 4.30. The molecule has 0 saturated heterocycles. The van der Waals surface area contributed by atoms with Crippen molar-refractivity contribution < 1.29 is 26.7 Å². The van der Waals surface area contributed by atoms with E-state index in [1.165, 1.54) is 73.7 Å². The molecule has 9 heteroatoms. The van der Waals surface area contributed by atoms with E-state index in [1.807, 2.05) is 0 Å². The van der Waals surface area contributed by atoms with E-state index in [4.69, 9.17) is 4.18 Å². The molecule has 0 radical (unpaired) electrons. The molecule has 0 N–H and O–H groups in total. The minimum atomic E-state index is -4.32. The van der Waals surface area contributed by atoms with Crippen LogP contribution in [0, 0.1) is 22.9 Å².